The first-order chi connectivity index (χ1) is 9.27. The minimum absolute atomic E-state index is 0.369. The number of nitrogens with one attached hydrogen (secondary N) is 1. The number of rotatable bonds is 2. The Balaban J connectivity index is 2.45. The molecular formula is C11H5ClF5N3. The summed E-state index contributed by atoms with van der Waals surface area (Å²) in [6, 6.07) is 2.36. The number of alkyl halides is 3. The van der Waals surface area contributed by atoms with E-state index in [1.807, 2.05) is 0 Å². The fourth-order valence-corrected chi connectivity index (χ4v) is 1.51. The highest BCUT2D eigenvalue weighted by Crippen LogP contribution is 2.35. The summed E-state index contributed by atoms with van der Waals surface area (Å²) >= 11 is 5.41. The Morgan fingerprint density at radius 1 is 1.15 bits per heavy atom. The molecule has 0 aliphatic rings. The van der Waals surface area contributed by atoms with Crippen LogP contribution < -0.4 is 5.32 Å². The van der Waals surface area contributed by atoms with Gasteiger partial charge in [-0.3, -0.25) is 0 Å². The standard InChI is InChI=1S/C11H5ClF5N3/c12-10-18-4-6(11(15,16)17)9(20-10)19-8-2-1-5(13)3-7(8)14/h1-4H,(H,18,19,20). The zero-order chi connectivity index (χ0) is 14.9. The predicted octanol–water partition coefficient (Wildman–Crippen LogP) is 4.17. The van der Waals surface area contributed by atoms with E-state index in [9.17, 15) is 22.0 Å². The Morgan fingerprint density at radius 2 is 1.85 bits per heavy atom. The molecule has 0 saturated carbocycles. The molecule has 0 radical (unpaired) electrons. The summed E-state index contributed by atoms with van der Waals surface area (Å²) in [5.74, 6) is -2.64. The van der Waals surface area contributed by atoms with Crippen molar-refractivity contribution in [3.63, 3.8) is 0 Å². The molecule has 0 saturated heterocycles. The SMILES string of the molecule is Fc1ccc(Nc2nc(Cl)ncc2C(F)(F)F)c(F)c1. The van der Waals surface area contributed by atoms with Crippen molar-refractivity contribution < 1.29 is 22.0 Å². The lowest BCUT2D eigenvalue weighted by Gasteiger charge is -2.13. The van der Waals surface area contributed by atoms with Gasteiger partial charge in [-0.25, -0.2) is 13.8 Å². The molecule has 0 aliphatic heterocycles. The van der Waals surface area contributed by atoms with Gasteiger partial charge in [-0.1, -0.05) is 0 Å². The van der Waals surface area contributed by atoms with Crippen LogP contribution in [0, 0.1) is 11.6 Å². The normalized spacial score (nSPS) is 11.5. The van der Waals surface area contributed by atoms with Gasteiger partial charge in [-0.2, -0.15) is 18.2 Å². The Labute approximate surface area is 114 Å². The van der Waals surface area contributed by atoms with Crippen LogP contribution in [0.5, 0.6) is 0 Å². The lowest BCUT2D eigenvalue weighted by atomic mass is 10.2. The smallest absolute Gasteiger partial charge is 0.337 e. The molecule has 0 fully saturated rings. The number of anilines is 2. The van der Waals surface area contributed by atoms with E-state index >= 15 is 0 Å². The van der Waals surface area contributed by atoms with Gasteiger partial charge in [0.05, 0.1) is 5.69 Å². The van der Waals surface area contributed by atoms with E-state index in [1.165, 1.54) is 0 Å². The van der Waals surface area contributed by atoms with Crippen LogP contribution in [-0.2, 0) is 6.18 Å². The van der Waals surface area contributed by atoms with E-state index in [1.54, 1.807) is 0 Å². The monoisotopic (exact) mass is 309 g/mol. The molecule has 2 rings (SSSR count). The summed E-state index contributed by atoms with van der Waals surface area (Å²) in [7, 11) is 0. The molecule has 9 heteroatoms. The number of nitrogens with zero attached hydrogens (tertiary/aromatic N) is 2. The molecule has 1 heterocycles. The molecule has 1 N–H and O–H groups in total. The molecule has 0 bridgehead atoms. The van der Waals surface area contributed by atoms with Crippen molar-refractivity contribution >= 4 is 23.1 Å². The van der Waals surface area contributed by atoms with Crippen molar-refractivity contribution in [3.05, 3.63) is 46.9 Å². The molecule has 3 nitrogen and oxygen atoms in total. The van der Waals surface area contributed by atoms with Crippen molar-refractivity contribution in [2.24, 2.45) is 0 Å². The van der Waals surface area contributed by atoms with Crippen LogP contribution >= 0.6 is 11.6 Å². The number of hydrogen-bond donors (Lipinski definition) is 1. The second-order valence-electron chi connectivity index (χ2n) is 3.65. The first-order valence-electron chi connectivity index (χ1n) is 5.09. The van der Waals surface area contributed by atoms with Gasteiger partial charge in [0.1, 0.15) is 23.0 Å². The van der Waals surface area contributed by atoms with Crippen molar-refractivity contribution in [1.29, 1.82) is 0 Å². The summed E-state index contributed by atoms with van der Waals surface area (Å²) in [5.41, 5.74) is -1.59. The minimum atomic E-state index is -4.75. The van der Waals surface area contributed by atoms with Gasteiger partial charge >= 0.3 is 6.18 Å². The zero-order valence-corrected chi connectivity index (χ0v) is 10.2. The molecule has 0 unspecified atom stereocenters. The second-order valence-corrected chi connectivity index (χ2v) is 3.99. The molecule has 1 aromatic carbocycles. The fraction of sp³-hybridized carbons (Fsp3) is 0.0909. The van der Waals surface area contributed by atoms with Crippen molar-refractivity contribution in [2.45, 2.75) is 6.18 Å². The van der Waals surface area contributed by atoms with Crippen molar-refractivity contribution in [2.75, 3.05) is 5.32 Å². The largest absolute Gasteiger partial charge is 0.421 e. The second kappa shape index (κ2) is 5.20. The van der Waals surface area contributed by atoms with E-state index in [2.05, 4.69) is 15.3 Å². The molecule has 0 amide bonds. The number of aromatic nitrogens is 2. The van der Waals surface area contributed by atoms with Crippen molar-refractivity contribution in [3.8, 4) is 0 Å². The van der Waals surface area contributed by atoms with Gasteiger partial charge in [-0.15, -0.1) is 0 Å². The maximum atomic E-state index is 13.4. The van der Waals surface area contributed by atoms with E-state index < -0.39 is 34.5 Å². The third kappa shape index (κ3) is 3.13. The highest BCUT2D eigenvalue weighted by molar-refractivity contribution is 6.28. The molecule has 0 atom stereocenters. The topological polar surface area (TPSA) is 37.8 Å². The number of hydrogen-bond acceptors (Lipinski definition) is 3. The van der Waals surface area contributed by atoms with Gasteiger partial charge in [-0.05, 0) is 23.7 Å². The molecule has 106 valence electrons. The molecule has 1 aromatic heterocycles. The Morgan fingerprint density at radius 3 is 2.45 bits per heavy atom. The Kier molecular flexibility index (Phi) is 3.76. The van der Waals surface area contributed by atoms with E-state index in [4.69, 9.17) is 11.6 Å². The van der Waals surface area contributed by atoms with Gasteiger partial charge in [0.15, 0.2) is 0 Å². The van der Waals surface area contributed by atoms with Crippen LogP contribution in [0.1, 0.15) is 5.56 Å². The van der Waals surface area contributed by atoms with Gasteiger partial charge in [0.25, 0.3) is 0 Å². The lowest BCUT2D eigenvalue weighted by molar-refractivity contribution is -0.137. The van der Waals surface area contributed by atoms with Crippen LogP contribution in [0.2, 0.25) is 5.28 Å². The highest BCUT2D eigenvalue weighted by atomic mass is 35.5. The summed E-state index contributed by atoms with van der Waals surface area (Å²) in [4.78, 5) is 6.59. The quantitative estimate of drug-likeness (QED) is 0.668. The highest BCUT2D eigenvalue weighted by Gasteiger charge is 2.35. The molecule has 2 aromatic rings. The maximum absolute atomic E-state index is 13.4. The van der Waals surface area contributed by atoms with Gasteiger partial charge in [0.2, 0.25) is 5.28 Å². The van der Waals surface area contributed by atoms with E-state index in [0.29, 0.717) is 12.3 Å². The summed E-state index contributed by atoms with van der Waals surface area (Å²) in [6.45, 7) is 0. The van der Waals surface area contributed by atoms with Crippen LogP contribution in [0.3, 0.4) is 0 Å². The first kappa shape index (κ1) is 14.4. The van der Waals surface area contributed by atoms with Gasteiger partial charge < -0.3 is 5.32 Å². The number of halogens is 6. The zero-order valence-electron chi connectivity index (χ0n) is 9.47. The average molecular weight is 310 g/mol. The minimum Gasteiger partial charge on any atom is -0.337 e. The summed E-state index contributed by atoms with van der Waals surface area (Å²) in [6.07, 6.45) is -4.28. The lowest BCUT2D eigenvalue weighted by Crippen LogP contribution is -2.11. The average Bonchev–Trinajstić information content (AvgIpc) is 2.31. The molecule has 0 spiro atoms. The Hall–Kier alpha value is -1.96. The molecular weight excluding hydrogens is 305 g/mol. The van der Waals surface area contributed by atoms with Crippen LogP contribution in [0.15, 0.2) is 24.4 Å². The first-order valence-corrected chi connectivity index (χ1v) is 5.47. The fourth-order valence-electron chi connectivity index (χ4n) is 1.38. The summed E-state index contributed by atoms with van der Waals surface area (Å²) in [5, 5.41) is 1.68. The van der Waals surface area contributed by atoms with E-state index in [-0.39, 0.29) is 5.69 Å². The van der Waals surface area contributed by atoms with Gasteiger partial charge in [0, 0.05) is 12.3 Å². The molecule has 0 aliphatic carbocycles. The van der Waals surface area contributed by atoms with Crippen LogP contribution in [0.25, 0.3) is 0 Å². The Bertz CT molecular complexity index is 644. The van der Waals surface area contributed by atoms with E-state index in [0.717, 1.165) is 12.1 Å². The van der Waals surface area contributed by atoms with Crippen molar-refractivity contribution in [1.82, 2.24) is 9.97 Å². The van der Waals surface area contributed by atoms with Crippen LogP contribution in [-0.4, -0.2) is 9.97 Å². The predicted molar refractivity (Wildman–Crippen MR) is 61.7 cm³/mol. The number of benzene rings is 1. The molecule has 20 heavy (non-hydrogen) atoms. The summed E-state index contributed by atoms with van der Waals surface area (Å²) < 4.78 is 64.3. The third-order valence-corrected chi connectivity index (χ3v) is 2.43. The third-order valence-electron chi connectivity index (χ3n) is 2.25. The maximum Gasteiger partial charge on any atom is 0.421 e. The van der Waals surface area contributed by atoms with Crippen LogP contribution in [0.4, 0.5) is 33.5 Å².